The smallest absolute Gasteiger partial charge is 0.387 e. The minimum absolute atomic E-state index is 0.0296. The van der Waals surface area contributed by atoms with E-state index in [1.54, 1.807) is 6.08 Å². The van der Waals surface area contributed by atoms with Crippen molar-refractivity contribution < 1.29 is 22.8 Å². The van der Waals surface area contributed by atoms with Crippen LogP contribution in [0.3, 0.4) is 0 Å². The van der Waals surface area contributed by atoms with Crippen molar-refractivity contribution in [3.63, 3.8) is 0 Å². The first-order valence-electron chi connectivity index (χ1n) is 13.7. The van der Waals surface area contributed by atoms with E-state index in [1.165, 1.54) is 6.07 Å². The van der Waals surface area contributed by atoms with Crippen LogP contribution in [0.4, 0.5) is 18.9 Å². The first-order chi connectivity index (χ1) is 17.1. The largest absolute Gasteiger partial charge is 0.416 e. The van der Waals surface area contributed by atoms with Crippen molar-refractivity contribution in [2.24, 2.45) is 34.5 Å². The predicted molar refractivity (Wildman–Crippen MR) is 138 cm³/mol. The van der Waals surface area contributed by atoms with E-state index in [2.05, 4.69) is 24.5 Å². The molecule has 37 heavy (non-hydrogen) atoms. The molecule has 5 rings (SSSR count). The summed E-state index contributed by atoms with van der Waals surface area (Å²) < 4.78 is 40.5. The van der Waals surface area contributed by atoms with Gasteiger partial charge in [-0.1, -0.05) is 40.7 Å². The number of carbonyl (C=O) groups is 2. The number of fused-ring (bicyclic) bond motifs is 5. The van der Waals surface area contributed by atoms with Gasteiger partial charge in [0.2, 0.25) is 5.91 Å². The normalized spacial score (nSPS) is 35.6. The van der Waals surface area contributed by atoms with Crippen LogP contribution in [0, 0.1) is 34.5 Å². The molecule has 1 heterocycles. The molecule has 2 saturated carbocycles. The van der Waals surface area contributed by atoms with Crippen molar-refractivity contribution in [2.45, 2.75) is 84.7 Å². The Morgan fingerprint density at radius 1 is 1.05 bits per heavy atom. The van der Waals surface area contributed by atoms with E-state index in [-0.39, 0.29) is 34.1 Å². The van der Waals surface area contributed by atoms with Crippen LogP contribution >= 0.6 is 0 Å². The molecule has 2 N–H and O–H groups in total. The van der Waals surface area contributed by atoms with Crippen LogP contribution in [-0.4, -0.2) is 18.2 Å². The summed E-state index contributed by atoms with van der Waals surface area (Å²) in [6.45, 7) is 11.2. The van der Waals surface area contributed by atoms with Gasteiger partial charge in [-0.05, 0) is 78.4 Å². The summed E-state index contributed by atoms with van der Waals surface area (Å²) in [5.74, 6) is 1.06. The van der Waals surface area contributed by atoms with Gasteiger partial charge in [0.15, 0.2) is 5.78 Å². The highest BCUT2D eigenvalue weighted by atomic mass is 19.4. The number of alkyl halides is 3. The van der Waals surface area contributed by atoms with Gasteiger partial charge in [-0.15, -0.1) is 0 Å². The highest BCUT2D eigenvalue weighted by Gasteiger charge is 2.60. The van der Waals surface area contributed by atoms with Crippen molar-refractivity contribution in [1.29, 1.82) is 0 Å². The van der Waals surface area contributed by atoms with Crippen LogP contribution in [0.2, 0.25) is 0 Å². The molecule has 4 aliphatic rings. The quantitative estimate of drug-likeness (QED) is 0.452. The fraction of sp³-hybridized carbons (Fsp3) is 0.667. The maximum Gasteiger partial charge on any atom is 0.416 e. The molecule has 6 atom stereocenters. The second-order valence-electron chi connectivity index (χ2n) is 13.4. The fourth-order valence-electron chi connectivity index (χ4n) is 8.27. The van der Waals surface area contributed by atoms with Gasteiger partial charge in [0, 0.05) is 41.8 Å². The number of amides is 1. The topological polar surface area (TPSA) is 58.2 Å². The third-order valence-electron chi connectivity index (χ3n) is 10.3. The Kier molecular flexibility index (Phi) is 6.12. The maximum absolute atomic E-state index is 13.7. The molecular weight excluding hydrogens is 477 g/mol. The number of allylic oxidation sites excluding steroid dienone is 2. The minimum Gasteiger partial charge on any atom is -0.387 e. The Hall–Kier alpha value is -2.31. The molecule has 7 heteroatoms. The number of nitrogens with one attached hydrogen (secondary N) is 2. The molecule has 0 spiro atoms. The second-order valence-corrected chi connectivity index (χ2v) is 13.4. The third kappa shape index (κ3) is 4.30. The van der Waals surface area contributed by atoms with Crippen molar-refractivity contribution >= 4 is 17.4 Å². The SMILES string of the molecule is CC(C)(C)c1ccc(C(F)(F)F)cc1NC(=O)[C@H]1CC[C@H]2[C@@H]3CNC4=CC(=O)CC[C@]4(C)[C@H]3CC[C@]12C. The summed E-state index contributed by atoms with van der Waals surface area (Å²) >= 11 is 0. The number of piperidine rings is 1. The molecule has 0 radical (unpaired) electrons. The fourth-order valence-corrected chi connectivity index (χ4v) is 8.27. The van der Waals surface area contributed by atoms with Crippen LogP contribution in [0.5, 0.6) is 0 Å². The average molecular weight is 517 g/mol. The van der Waals surface area contributed by atoms with Gasteiger partial charge in [-0.3, -0.25) is 9.59 Å². The van der Waals surface area contributed by atoms with Gasteiger partial charge < -0.3 is 10.6 Å². The van der Waals surface area contributed by atoms with E-state index in [4.69, 9.17) is 0 Å². The number of anilines is 1. The number of hydrogen-bond acceptors (Lipinski definition) is 3. The Bertz CT molecular complexity index is 1150. The van der Waals surface area contributed by atoms with Gasteiger partial charge in [0.05, 0.1) is 5.56 Å². The molecule has 1 aromatic rings. The van der Waals surface area contributed by atoms with Crippen LogP contribution in [0.25, 0.3) is 0 Å². The lowest BCUT2D eigenvalue weighted by Crippen LogP contribution is -2.57. The van der Waals surface area contributed by atoms with E-state index in [9.17, 15) is 22.8 Å². The van der Waals surface area contributed by atoms with Crippen LogP contribution in [0.15, 0.2) is 30.0 Å². The van der Waals surface area contributed by atoms with Crippen molar-refractivity contribution in [2.75, 3.05) is 11.9 Å². The van der Waals surface area contributed by atoms with Crippen molar-refractivity contribution in [1.82, 2.24) is 5.32 Å². The summed E-state index contributed by atoms with van der Waals surface area (Å²) in [7, 11) is 0. The number of halogens is 3. The molecule has 1 amide bonds. The zero-order valence-corrected chi connectivity index (χ0v) is 22.5. The van der Waals surface area contributed by atoms with Crippen LogP contribution in [0.1, 0.15) is 84.3 Å². The van der Waals surface area contributed by atoms with E-state index in [0.717, 1.165) is 56.5 Å². The van der Waals surface area contributed by atoms with Gasteiger partial charge in [0.1, 0.15) is 0 Å². The first-order valence-corrected chi connectivity index (χ1v) is 13.7. The highest BCUT2D eigenvalue weighted by molar-refractivity contribution is 5.94. The van der Waals surface area contributed by atoms with Crippen LogP contribution < -0.4 is 10.6 Å². The number of carbonyl (C=O) groups excluding carboxylic acids is 2. The lowest BCUT2D eigenvalue weighted by molar-refractivity contribution is -0.137. The van der Waals surface area contributed by atoms with E-state index in [1.807, 2.05) is 20.8 Å². The van der Waals surface area contributed by atoms with E-state index >= 15 is 0 Å². The number of ketones is 1. The predicted octanol–water partition coefficient (Wildman–Crippen LogP) is 6.86. The van der Waals surface area contributed by atoms with Crippen LogP contribution in [-0.2, 0) is 21.2 Å². The monoisotopic (exact) mass is 516 g/mol. The molecule has 1 saturated heterocycles. The molecule has 4 nitrogen and oxygen atoms in total. The molecule has 0 bridgehead atoms. The van der Waals surface area contributed by atoms with E-state index in [0.29, 0.717) is 29.7 Å². The average Bonchev–Trinajstić information content (AvgIpc) is 3.15. The van der Waals surface area contributed by atoms with Gasteiger partial charge in [0.25, 0.3) is 0 Å². The van der Waals surface area contributed by atoms with Gasteiger partial charge in [-0.2, -0.15) is 13.2 Å². The second kappa shape index (κ2) is 8.60. The lowest BCUT2D eigenvalue weighted by atomic mass is 9.50. The Morgan fingerprint density at radius 2 is 1.78 bits per heavy atom. The zero-order chi connectivity index (χ0) is 27.0. The highest BCUT2D eigenvalue weighted by Crippen LogP contribution is 2.64. The molecule has 1 aromatic carbocycles. The molecule has 0 aromatic heterocycles. The van der Waals surface area contributed by atoms with Gasteiger partial charge in [-0.25, -0.2) is 0 Å². The summed E-state index contributed by atoms with van der Waals surface area (Å²) in [5.41, 5.74) is 0.664. The lowest BCUT2D eigenvalue weighted by Gasteiger charge is -2.58. The number of benzene rings is 1. The summed E-state index contributed by atoms with van der Waals surface area (Å²) in [6, 6.07) is 3.69. The number of hydrogen-bond donors (Lipinski definition) is 2. The Labute approximate surface area is 217 Å². The van der Waals surface area contributed by atoms with E-state index < -0.39 is 17.2 Å². The van der Waals surface area contributed by atoms with Gasteiger partial charge >= 0.3 is 6.18 Å². The number of rotatable bonds is 2. The molecule has 3 fully saturated rings. The first kappa shape index (κ1) is 26.3. The Morgan fingerprint density at radius 3 is 2.46 bits per heavy atom. The standard InChI is InChI=1S/C30H39F3N2O2/c1-27(2,3)22-7-6-17(30(31,32)33)14-24(22)35-26(37)23-9-8-20-19-16-34-25-15-18(36)10-12-29(25,5)21(19)11-13-28(20,23)4/h6-7,14-15,19-21,23,34H,8-13,16H2,1-5H3,(H,35,37)/t19-,20-,21-,23+,28-,29+/m0/s1. The molecule has 202 valence electrons. The summed E-state index contributed by atoms with van der Waals surface area (Å²) in [6.07, 6.45) is 2.40. The minimum atomic E-state index is -4.47. The Balaban J connectivity index is 1.40. The van der Waals surface area contributed by atoms with Crippen molar-refractivity contribution in [3.8, 4) is 0 Å². The molecule has 1 aliphatic heterocycles. The molecule has 3 aliphatic carbocycles. The molecule has 0 unspecified atom stereocenters. The maximum atomic E-state index is 13.7. The van der Waals surface area contributed by atoms with Crippen molar-refractivity contribution in [3.05, 3.63) is 41.1 Å². The molecular formula is C30H39F3N2O2. The summed E-state index contributed by atoms with van der Waals surface area (Å²) in [5, 5.41) is 6.54. The summed E-state index contributed by atoms with van der Waals surface area (Å²) in [4.78, 5) is 25.8. The zero-order valence-electron chi connectivity index (χ0n) is 22.5. The third-order valence-corrected chi connectivity index (χ3v) is 10.3.